The minimum atomic E-state index is -4.05. The van der Waals surface area contributed by atoms with E-state index in [2.05, 4.69) is 0 Å². The van der Waals surface area contributed by atoms with E-state index in [1.807, 2.05) is 0 Å². The fraction of sp³-hybridized carbons (Fsp3) is 0.300. The molecule has 0 aliphatic rings. The van der Waals surface area contributed by atoms with E-state index < -0.39 is 45.5 Å². The van der Waals surface area contributed by atoms with Crippen molar-refractivity contribution in [2.75, 3.05) is 12.4 Å². The molecule has 0 aromatic heterocycles. The Balaban J connectivity index is 3.56. The van der Waals surface area contributed by atoms with Crippen molar-refractivity contribution < 1.29 is 27.5 Å². The van der Waals surface area contributed by atoms with Crippen LogP contribution < -0.4 is 0 Å². The Hall–Kier alpha value is -1.40. The van der Waals surface area contributed by atoms with E-state index in [4.69, 9.17) is 14.3 Å². The number of aromatic carboxylic acids is 1. The molecular formula is C10H12O5S. The molecule has 0 aliphatic heterocycles. The zero-order valence-electron chi connectivity index (χ0n) is 11.2. The number of benzene rings is 1. The van der Waals surface area contributed by atoms with Gasteiger partial charge in [-0.05, 0) is 24.5 Å². The van der Waals surface area contributed by atoms with E-state index in [0.717, 1.165) is 18.2 Å². The van der Waals surface area contributed by atoms with Crippen LogP contribution in [0.1, 0.15) is 20.0 Å². The number of hydrogen-bond acceptors (Lipinski definition) is 4. The third-order valence-electron chi connectivity index (χ3n) is 1.92. The minimum Gasteiger partial charge on any atom is -0.478 e. The Morgan fingerprint density at radius 3 is 2.69 bits per heavy atom. The largest absolute Gasteiger partial charge is 0.478 e. The first-order chi connectivity index (χ1) is 8.59. The number of carboxylic acids is 1. The van der Waals surface area contributed by atoms with Crippen molar-refractivity contribution in [3.8, 4) is 0 Å². The summed E-state index contributed by atoms with van der Waals surface area (Å²) in [4.78, 5) is 10.2. The van der Waals surface area contributed by atoms with Gasteiger partial charge in [-0.2, -0.15) is 0 Å². The van der Waals surface area contributed by atoms with E-state index in [1.54, 1.807) is 0 Å². The molecule has 0 atom stereocenters. The molecule has 0 heterocycles. The van der Waals surface area contributed by atoms with Crippen LogP contribution in [0.4, 0.5) is 0 Å². The van der Waals surface area contributed by atoms with Crippen LogP contribution in [0.15, 0.2) is 23.1 Å². The van der Waals surface area contributed by atoms with Crippen molar-refractivity contribution in [2.45, 2.75) is 11.7 Å². The minimum absolute atomic E-state index is 0.329. The molecule has 0 fully saturated rings. The number of sulfone groups is 1. The van der Waals surface area contributed by atoms with Crippen molar-refractivity contribution in [3.05, 3.63) is 29.3 Å². The standard InChI is InChI=1S/C10H12O5S/c1-7-2-3-8(10(12)13)6-9(7)16(14,15)5-4-11/h2-3,6,11H,4-5H2,1H3,(H,12,13)/i1D3. The molecule has 0 radical (unpaired) electrons. The summed E-state index contributed by atoms with van der Waals surface area (Å²) >= 11 is 0. The third-order valence-corrected chi connectivity index (χ3v) is 3.65. The van der Waals surface area contributed by atoms with Gasteiger partial charge in [-0.25, -0.2) is 13.2 Å². The smallest absolute Gasteiger partial charge is 0.335 e. The molecule has 0 amide bonds. The maximum Gasteiger partial charge on any atom is 0.335 e. The summed E-state index contributed by atoms with van der Waals surface area (Å²) in [5.74, 6) is -2.03. The highest BCUT2D eigenvalue weighted by atomic mass is 32.2. The second-order valence-electron chi connectivity index (χ2n) is 3.06. The van der Waals surface area contributed by atoms with E-state index in [9.17, 15) is 13.2 Å². The van der Waals surface area contributed by atoms with Gasteiger partial charge in [0.25, 0.3) is 0 Å². The topological polar surface area (TPSA) is 91.7 Å². The fourth-order valence-corrected chi connectivity index (χ4v) is 2.31. The van der Waals surface area contributed by atoms with Crippen LogP contribution in [0.2, 0.25) is 0 Å². The zero-order chi connectivity index (χ0) is 14.8. The summed E-state index contributed by atoms with van der Waals surface area (Å²) in [5.41, 5.74) is -0.782. The summed E-state index contributed by atoms with van der Waals surface area (Å²) in [6.07, 6.45) is 0. The van der Waals surface area contributed by atoms with Crippen molar-refractivity contribution in [2.24, 2.45) is 0 Å². The molecule has 2 N–H and O–H groups in total. The van der Waals surface area contributed by atoms with Gasteiger partial charge in [-0.3, -0.25) is 0 Å². The highest BCUT2D eigenvalue weighted by Gasteiger charge is 2.18. The highest BCUT2D eigenvalue weighted by Crippen LogP contribution is 2.18. The van der Waals surface area contributed by atoms with Gasteiger partial charge < -0.3 is 10.2 Å². The summed E-state index contributed by atoms with van der Waals surface area (Å²) in [6.45, 7) is -3.37. The molecule has 1 aromatic rings. The maximum atomic E-state index is 11.9. The van der Waals surface area contributed by atoms with Crippen molar-refractivity contribution >= 4 is 15.8 Å². The van der Waals surface area contributed by atoms with E-state index in [0.29, 0.717) is 0 Å². The molecule has 5 nitrogen and oxygen atoms in total. The lowest BCUT2D eigenvalue weighted by Gasteiger charge is -2.07. The average Bonchev–Trinajstić information content (AvgIpc) is 2.26. The molecular weight excluding hydrogens is 232 g/mol. The second-order valence-corrected chi connectivity index (χ2v) is 5.14. The van der Waals surface area contributed by atoms with Gasteiger partial charge in [-0.15, -0.1) is 0 Å². The van der Waals surface area contributed by atoms with E-state index >= 15 is 0 Å². The summed E-state index contributed by atoms with van der Waals surface area (Å²) in [5, 5.41) is 17.5. The maximum absolute atomic E-state index is 11.9. The van der Waals surface area contributed by atoms with Crippen LogP contribution in [0.5, 0.6) is 0 Å². The van der Waals surface area contributed by atoms with Crippen LogP contribution in [0, 0.1) is 6.85 Å². The molecule has 1 aromatic carbocycles. The predicted molar refractivity (Wildman–Crippen MR) is 57.3 cm³/mol. The summed E-state index contributed by atoms with van der Waals surface area (Å²) in [6, 6.07) is 2.79. The molecule has 0 aliphatic carbocycles. The van der Waals surface area contributed by atoms with E-state index in [-0.39, 0.29) is 5.56 Å². The van der Waals surface area contributed by atoms with Gasteiger partial charge in [0.1, 0.15) is 0 Å². The number of carboxylic acid groups (broad SMARTS) is 1. The van der Waals surface area contributed by atoms with Gasteiger partial charge in [0.05, 0.1) is 22.8 Å². The van der Waals surface area contributed by atoms with Crippen LogP contribution in [0.25, 0.3) is 0 Å². The molecule has 0 saturated carbocycles. The average molecular weight is 247 g/mol. The number of aliphatic hydroxyl groups excluding tert-OH is 1. The Kier molecular flexibility index (Phi) is 2.52. The molecule has 6 heteroatoms. The van der Waals surface area contributed by atoms with Gasteiger partial charge >= 0.3 is 5.97 Å². The van der Waals surface area contributed by atoms with Crippen molar-refractivity contribution in [1.82, 2.24) is 0 Å². The zero-order valence-corrected chi connectivity index (χ0v) is 8.99. The Morgan fingerprint density at radius 1 is 1.50 bits per heavy atom. The van der Waals surface area contributed by atoms with Crippen molar-refractivity contribution in [3.63, 3.8) is 0 Å². The fourth-order valence-electron chi connectivity index (χ4n) is 1.14. The van der Waals surface area contributed by atoms with Crippen LogP contribution in [-0.4, -0.2) is 37.0 Å². The first-order valence-electron chi connectivity index (χ1n) is 5.81. The monoisotopic (exact) mass is 247 g/mol. The molecule has 0 bridgehead atoms. The summed E-state index contributed by atoms with van der Waals surface area (Å²) < 4.78 is 45.5. The lowest BCUT2D eigenvalue weighted by Crippen LogP contribution is -2.12. The molecule has 88 valence electrons. The Morgan fingerprint density at radius 2 is 2.19 bits per heavy atom. The van der Waals surface area contributed by atoms with Crippen molar-refractivity contribution in [1.29, 1.82) is 0 Å². The third kappa shape index (κ3) is 2.59. The SMILES string of the molecule is [2H]C([2H])([2H])c1ccc(C(=O)O)cc1S(=O)(=O)CCO. The van der Waals surface area contributed by atoms with Crippen LogP contribution in [0.3, 0.4) is 0 Å². The number of aliphatic hydroxyl groups is 1. The molecule has 0 spiro atoms. The lowest BCUT2D eigenvalue weighted by atomic mass is 10.1. The Labute approximate surface area is 97.5 Å². The summed E-state index contributed by atoms with van der Waals surface area (Å²) in [7, 11) is -4.05. The number of rotatable bonds is 4. The lowest BCUT2D eigenvalue weighted by molar-refractivity contribution is 0.0696. The normalized spacial score (nSPS) is 14.9. The van der Waals surface area contributed by atoms with Gasteiger partial charge in [0.2, 0.25) is 0 Å². The molecule has 16 heavy (non-hydrogen) atoms. The van der Waals surface area contributed by atoms with Crippen LogP contribution in [-0.2, 0) is 9.84 Å². The number of hydrogen-bond donors (Lipinski definition) is 2. The first kappa shape index (κ1) is 8.72. The highest BCUT2D eigenvalue weighted by molar-refractivity contribution is 7.91. The van der Waals surface area contributed by atoms with Gasteiger partial charge in [0, 0.05) is 4.11 Å². The van der Waals surface area contributed by atoms with Gasteiger partial charge in [-0.1, -0.05) is 6.07 Å². The number of carbonyl (C=O) groups is 1. The quantitative estimate of drug-likeness (QED) is 0.806. The second kappa shape index (κ2) is 4.63. The van der Waals surface area contributed by atoms with Crippen LogP contribution >= 0.6 is 0 Å². The first-order valence-corrected chi connectivity index (χ1v) is 5.96. The van der Waals surface area contributed by atoms with Gasteiger partial charge in [0.15, 0.2) is 9.84 Å². The molecule has 1 rings (SSSR count). The number of aryl methyl sites for hydroxylation is 1. The molecule has 0 saturated heterocycles. The predicted octanol–water partition coefficient (Wildman–Crippen LogP) is 0.459. The molecule has 0 unspecified atom stereocenters. The Bertz CT molecular complexity index is 592. The van der Waals surface area contributed by atoms with E-state index in [1.165, 1.54) is 0 Å².